The summed E-state index contributed by atoms with van der Waals surface area (Å²) in [6.07, 6.45) is 5.95. The Kier molecular flexibility index (Phi) is 0.952. The average molecular weight is 81.1 g/mol. The van der Waals surface area contributed by atoms with Crippen LogP contribution < -0.4 is 0 Å². The van der Waals surface area contributed by atoms with E-state index in [1.807, 2.05) is 0 Å². The van der Waals surface area contributed by atoms with Gasteiger partial charge >= 0.3 is 0 Å². The van der Waals surface area contributed by atoms with Crippen LogP contribution in [0.2, 0.25) is 0 Å². The van der Waals surface area contributed by atoms with Crippen molar-refractivity contribution < 1.29 is 0 Å². The predicted octanol–water partition coefficient (Wildman–Crippen LogP) is 1.93. The van der Waals surface area contributed by atoms with Gasteiger partial charge in [0.15, 0.2) is 0 Å². The molecule has 6 heavy (non-hydrogen) atoms. The van der Waals surface area contributed by atoms with E-state index in [1.165, 1.54) is 24.8 Å². The Hall–Kier alpha value is -0.260. The second-order valence-electron chi connectivity index (χ2n) is 1.78. The fraction of sp³-hybridized carbons (Fsp3) is 0.500. The predicted molar refractivity (Wildman–Crippen MR) is 27.3 cm³/mol. The zero-order valence-corrected chi connectivity index (χ0v) is 3.91. The molecule has 1 aliphatic carbocycles. The molecule has 0 aromatic rings. The highest BCUT2D eigenvalue weighted by molar-refractivity contribution is 5.05. The van der Waals surface area contributed by atoms with Crippen LogP contribution in [0.1, 0.15) is 19.3 Å². The lowest BCUT2D eigenvalue weighted by molar-refractivity contribution is 1.05. The molecule has 0 spiro atoms. The molecule has 0 unspecified atom stereocenters. The van der Waals surface area contributed by atoms with Gasteiger partial charge < -0.3 is 0 Å². The molecule has 0 bridgehead atoms. The quantitative estimate of drug-likeness (QED) is 0.391. The maximum Gasteiger partial charge on any atom is -0.0292 e. The molecule has 33 valence electrons. The largest absolute Gasteiger partial charge is 0.0999 e. The fourth-order valence-corrected chi connectivity index (χ4v) is 0.714. The molecule has 0 heteroatoms. The van der Waals surface area contributed by atoms with Crippen LogP contribution in [-0.2, 0) is 0 Å². The molecule has 0 N–H and O–H groups in total. The highest BCUT2D eigenvalue weighted by atomic mass is 14.1. The highest BCUT2D eigenvalue weighted by Crippen LogP contribution is 2.19. The number of hydrogen-bond acceptors (Lipinski definition) is 0. The van der Waals surface area contributed by atoms with E-state index in [0.717, 1.165) is 0 Å². The van der Waals surface area contributed by atoms with Gasteiger partial charge in [0.1, 0.15) is 0 Å². The molecule has 1 radical (unpaired) electrons. The van der Waals surface area contributed by atoms with Crippen LogP contribution in [0.3, 0.4) is 0 Å². The van der Waals surface area contributed by atoms with E-state index in [9.17, 15) is 0 Å². The molecule has 0 atom stereocenters. The van der Waals surface area contributed by atoms with E-state index >= 15 is 0 Å². The van der Waals surface area contributed by atoms with Gasteiger partial charge in [-0.15, -0.1) is 0 Å². The minimum absolute atomic E-state index is 1.17. The van der Waals surface area contributed by atoms with Crippen molar-refractivity contribution in [3.8, 4) is 0 Å². The summed E-state index contributed by atoms with van der Waals surface area (Å²) >= 11 is 0. The van der Waals surface area contributed by atoms with Gasteiger partial charge in [-0.3, -0.25) is 0 Å². The minimum Gasteiger partial charge on any atom is -0.0999 e. The summed E-state index contributed by atoms with van der Waals surface area (Å²) in [4.78, 5) is 0. The topological polar surface area (TPSA) is 0 Å². The lowest BCUT2D eigenvalue weighted by Gasteiger charge is -1.80. The Labute approximate surface area is 38.9 Å². The first-order valence-corrected chi connectivity index (χ1v) is 2.38. The molecule has 1 saturated carbocycles. The molecule has 0 heterocycles. The van der Waals surface area contributed by atoms with E-state index in [2.05, 4.69) is 13.0 Å². The first-order chi connectivity index (χ1) is 2.89. The zero-order valence-electron chi connectivity index (χ0n) is 3.91. The molecule has 1 rings (SSSR count). The van der Waals surface area contributed by atoms with Crippen LogP contribution in [0.5, 0.6) is 0 Å². The van der Waals surface area contributed by atoms with Crippen molar-refractivity contribution >= 4 is 0 Å². The van der Waals surface area contributed by atoms with Gasteiger partial charge in [0.2, 0.25) is 0 Å². The molecule has 1 fully saturated rings. The van der Waals surface area contributed by atoms with Gasteiger partial charge in [-0.1, -0.05) is 12.2 Å². The number of allylic oxidation sites excluding steroid dienone is 1. The minimum atomic E-state index is 1.17. The van der Waals surface area contributed by atoms with Crippen molar-refractivity contribution in [2.75, 3.05) is 0 Å². The van der Waals surface area contributed by atoms with Crippen molar-refractivity contribution in [3.63, 3.8) is 0 Å². The third kappa shape index (κ3) is 0.618. The Morgan fingerprint density at radius 1 is 1.67 bits per heavy atom. The summed E-state index contributed by atoms with van der Waals surface area (Å²) < 4.78 is 0. The van der Waals surface area contributed by atoms with Gasteiger partial charge in [0.25, 0.3) is 0 Å². The van der Waals surface area contributed by atoms with Crippen LogP contribution in [0.4, 0.5) is 0 Å². The summed E-state index contributed by atoms with van der Waals surface area (Å²) in [5.41, 5.74) is 1.40. The lowest BCUT2D eigenvalue weighted by atomic mass is 10.3. The third-order valence-electron chi connectivity index (χ3n) is 1.14. The molecule has 0 nitrogen and oxygen atoms in total. The number of rotatable bonds is 0. The Morgan fingerprint density at radius 2 is 2.50 bits per heavy atom. The van der Waals surface area contributed by atoms with E-state index in [0.29, 0.717) is 0 Å². The van der Waals surface area contributed by atoms with E-state index in [4.69, 9.17) is 0 Å². The van der Waals surface area contributed by atoms with Crippen LogP contribution >= 0.6 is 0 Å². The van der Waals surface area contributed by atoms with Crippen molar-refractivity contribution in [2.45, 2.75) is 19.3 Å². The second kappa shape index (κ2) is 1.46. The van der Waals surface area contributed by atoms with Gasteiger partial charge in [-0.25, -0.2) is 0 Å². The highest BCUT2D eigenvalue weighted by Gasteiger charge is 2.01. The molecule has 0 saturated heterocycles. The van der Waals surface area contributed by atoms with Crippen molar-refractivity contribution in [3.05, 3.63) is 18.6 Å². The Balaban J connectivity index is 2.37. The van der Waals surface area contributed by atoms with Gasteiger partial charge in [-0.2, -0.15) is 0 Å². The molecule has 0 aliphatic heterocycles. The monoisotopic (exact) mass is 81.1 g/mol. The summed E-state index contributed by atoms with van der Waals surface area (Å²) in [7, 11) is 0. The molecule has 1 aliphatic rings. The van der Waals surface area contributed by atoms with Crippen LogP contribution in [0, 0.1) is 6.42 Å². The SMILES string of the molecule is C=C1C[CH]CC1. The molecular formula is C6H9. The smallest absolute Gasteiger partial charge is 0.0292 e. The number of hydrogen-bond donors (Lipinski definition) is 0. The molecule has 0 amide bonds. The molecule has 0 aromatic carbocycles. The summed E-state index contributed by atoms with van der Waals surface area (Å²) in [6.45, 7) is 3.82. The summed E-state index contributed by atoms with van der Waals surface area (Å²) in [5, 5.41) is 0. The molecule has 0 aromatic heterocycles. The van der Waals surface area contributed by atoms with E-state index in [-0.39, 0.29) is 0 Å². The lowest BCUT2D eigenvalue weighted by Crippen LogP contribution is -1.59. The van der Waals surface area contributed by atoms with Crippen molar-refractivity contribution in [1.29, 1.82) is 0 Å². The molecular weight excluding hydrogens is 72.1 g/mol. The van der Waals surface area contributed by atoms with Crippen LogP contribution in [0.25, 0.3) is 0 Å². The first-order valence-electron chi connectivity index (χ1n) is 2.38. The zero-order chi connectivity index (χ0) is 4.41. The Bertz CT molecular complexity index is 54.4. The fourth-order valence-electron chi connectivity index (χ4n) is 0.714. The second-order valence-corrected chi connectivity index (χ2v) is 1.78. The maximum absolute atomic E-state index is 3.82. The van der Waals surface area contributed by atoms with Gasteiger partial charge in [0.05, 0.1) is 0 Å². The van der Waals surface area contributed by atoms with Crippen LogP contribution in [0.15, 0.2) is 12.2 Å². The van der Waals surface area contributed by atoms with Crippen molar-refractivity contribution in [1.82, 2.24) is 0 Å². The first kappa shape index (κ1) is 3.91. The average Bonchev–Trinajstić information content (AvgIpc) is 1.86. The maximum atomic E-state index is 3.82. The van der Waals surface area contributed by atoms with Crippen LogP contribution in [-0.4, -0.2) is 0 Å². The summed E-state index contributed by atoms with van der Waals surface area (Å²) in [6, 6.07) is 0. The standard InChI is InChI=1S/C6H9/c1-6-4-2-3-5-6/h2H,1,3-5H2. The third-order valence-corrected chi connectivity index (χ3v) is 1.14. The summed E-state index contributed by atoms with van der Waals surface area (Å²) in [5.74, 6) is 0. The van der Waals surface area contributed by atoms with E-state index in [1.54, 1.807) is 0 Å². The van der Waals surface area contributed by atoms with E-state index < -0.39 is 0 Å². The van der Waals surface area contributed by atoms with Crippen molar-refractivity contribution in [2.24, 2.45) is 0 Å². The Morgan fingerprint density at radius 3 is 2.67 bits per heavy atom. The van der Waals surface area contributed by atoms with Gasteiger partial charge in [0, 0.05) is 0 Å². The van der Waals surface area contributed by atoms with Gasteiger partial charge in [-0.05, 0) is 25.7 Å². The normalized spacial score (nSPS) is 22.3.